The summed E-state index contributed by atoms with van der Waals surface area (Å²) in [6, 6.07) is 11.3. The van der Waals surface area contributed by atoms with Crippen molar-refractivity contribution in [2.24, 2.45) is 7.05 Å². The first-order valence-electron chi connectivity index (χ1n) is 6.32. The second kappa shape index (κ2) is 6.09. The third-order valence-corrected chi connectivity index (χ3v) is 2.84. The maximum Gasteiger partial charge on any atom is 0.250 e. The molecule has 0 aliphatic rings. The van der Waals surface area contributed by atoms with Gasteiger partial charge < -0.3 is 14.6 Å². The molecular weight excluding hydrogens is 240 g/mol. The molecule has 2 rings (SSSR count). The largest absolute Gasteiger partial charge is 0.494 e. The van der Waals surface area contributed by atoms with Gasteiger partial charge in [0.05, 0.1) is 12.3 Å². The Balaban J connectivity index is 2.09. The zero-order chi connectivity index (χ0) is 13.7. The van der Waals surface area contributed by atoms with Crippen LogP contribution in [0.5, 0.6) is 5.75 Å². The minimum atomic E-state index is -0.0136. The molecule has 1 aromatic carbocycles. The van der Waals surface area contributed by atoms with Gasteiger partial charge >= 0.3 is 0 Å². The fourth-order valence-electron chi connectivity index (χ4n) is 1.84. The maximum atomic E-state index is 11.3. The molecule has 0 saturated carbocycles. The van der Waals surface area contributed by atoms with Gasteiger partial charge in [-0.3, -0.25) is 4.79 Å². The lowest BCUT2D eigenvalue weighted by molar-refractivity contribution is 0.337. The van der Waals surface area contributed by atoms with Crippen LogP contribution in [-0.4, -0.2) is 11.2 Å². The number of hydrogen-bond donors (Lipinski definition) is 1. The average Bonchev–Trinajstić information content (AvgIpc) is 2.42. The normalized spacial score (nSPS) is 10.2. The van der Waals surface area contributed by atoms with E-state index in [9.17, 15) is 4.79 Å². The molecule has 0 unspecified atom stereocenters. The van der Waals surface area contributed by atoms with Crippen LogP contribution in [0.4, 0.5) is 5.69 Å². The fourth-order valence-corrected chi connectivity index (χ4v) is 1.84. The predicted molar refractivity (Wildman–Crippen MR) is 76.6 cm³/mol. The highest BCUT2D eigenvalue weighted by Crippen LogP contribution is 2.19. The van der Waals surface area contributed by atoms with E-state index in [2.05, 4.69) is 5.32 Å². The Labute approximate surface area is 112 Å². The molecule has 1 N–H and O–H groups in total. The van der Waals surface area contributed by atoms with Gasteiger partial charge in [-0.05, 0) is 19.1 Å². The molecule has 100 valence electrons. The molecule has 0 radical (unpaired) electrons. The van der Waals surface area contributed by atoms with E-state index in [1.165, 1.54) is 0 Å². The van der Waals surface area contributed by atoms with E-state index < -0.39 is 0 Å². The quantitative estimate of drug-likeness (QED) is 0.895. The smallest absolute Gasteiger partial charge is 0.250 e. The van der Waals surface area contributed by atoms with Gasteiger partial charge in [0.15, 0.2) is 0 Å². The Hall–Kier alpha value is -2.23. The lowest BCUT2D eigenvalue weighted by Crippen LogP contribution is -2.15. The van der Waals surface area contributed by atoms with Crippen molar-refractivity contribution in [3.63, 3.8) is 0 Å². The van der Waals surface area contributed by atoms with Gasteiger partial charge in [0, 0.05) is 31.4 Å². The number of benzene rings is 1. The molecule has 0 fully saturated rings. The fraction of sp³-hybridized carbons (Fsp3) is 0.267. The summed E-state index contributed by atoms with van der Waals surface area (Å²) in [4.78, 5) is 11.3. The number of nitrogens with one attached hydrogen (secondary N) is 1. The van der Waals surface area contributed by atoms with E-state index in [1.807, 2.05) is 31.2 Å². The number of hydrogen-bond acceptors (Lipinski definition) is 3. The summed E-state index contributed by atoms with van der Waals surface area (Å²) in [6.45, 7) is 3.28. The first-order chi connectivity index (χ1) is 9.20. The van der Waals surface area contributed by atoms with Crippen molar-refractivity contribution in [1.29, 1.82) is 0 Å². The number of pyridine rings is 1. The van der Waals surface area contributed by atoms with Crippen molar-refractivity contribution in [2.45, 2.75) is 13.5 Å². The van der Waals surface area contributed by atoms with Gasteiger partial charge in [0.1, 0.15) is 5.75 Å². The first kappa shape index (κ1) is 13.2. The van der Waals surface area contributed by atoms with Gasteiger partial charge in [0.2, 0.25) is 5.56 Å². The molecule has 4 nitrogen and oxygen atoms in total. The van der Waals surface area contributed by atoms with E-state index >= 15 is 0 Å². The van der Waals surface area contributed by atoms with Gasteiger partial charge in [-0.15, -0.1) is 0 Å². The zero-order valence-electron chi connectivity index (χ0n) is 11.2. The summed E-state index contributed by atoms with van der Waals surface area (Å²) in [7, 11) is 1.74. The minimum Gasteiger partial charge on any atom is -0.494 e. The number of nitrogens with zero attached hydrogens (tertiary/aromatic N) is 1. The van der Waals surface area contributed by atoms with Crippen molar-refractivity contribution in [3.05, 3.63) is 58.5 Å². The van der Waals surface area contributed by atoms with Crippen molar-refractivity contribution >= 4 is 5.69 Å². The molecule has 1 aromatic heterocycles. The molecule has 0 amide bonds. The predicted octanol–water partition coefficient (Wildman–Crippen LogP) is 2.40. The third kappa shape index (κ3) is 3.37. The first-order valence-corrected chi connectivity index (χ1v) is 6.32. The van der Waals surface area contributed by atoms with Crippen LogP contribution in [0.2, 0.25) is 0 Å². The van der Waals surface area contributed by atoms with E-state index in [1.54, 1.807) is 29.9 Å². The molecule has 0 aliphatic heterocycles. The monoisotopic (exact) mass is 258 g/mol. The van der Waals surface area contributed by atoms with Crippen molar-refractivity contribution < 1.29 is 4.74 Å². The number of aryl methyl sites for hydroxylation is 1. The molecule has 19 heavy (non-hydrogen) atoms. The van der Waals surface area contributed by atoms with Crippen molar-refractivity contribution in [3.8, 4) is 5.75 Å². The van der Waals surface area contributed by atoms with Crippen LogP contribution in [0, 0.1) is 0 Å². The van der Waals surface area contributed by atoms with Crippen molar-refractivity contribution in [1.82, 2.24) is 4.57 Å². The SMILES string of the molecule is CCOc1ccccc1CNc1ccc(=O)n(C)c1. The van der Waals surface area contributed by atoms with Crippen LogP contribution in [0.15, 0.2) is 47.4 Å². The third-order valence-electron chi connectivity index (χ3n) is 2.84. The Morgan fingerprint density at radius 2 is 2.00 bits per heavy atom. The van der Waals surface area contributed by atoms with Gasteiger partial charge in [-0.1, -0.05) is 18.2 Å². The highest BCUT2D eigenvalue weighted by molar-refractivity contribution is 5.43. The summed E-state index contributed by atoms with van der Waals surface area (Å²) >= 11 is 0. The Morgan fingerprint density at radius 1 is 1.21 bits per heavy atom. The summed E-state index contributed by atoms with van der Waals surface area (Å²) in [6.07, 6.45) is 1.78. The topological polar surface area (TPSA) is 43.3 Å². The van der Waals surface area contributed by atoms with Crippen LogP contribution >= 0.6 is 0 Å². The summed E-state index contributed by atoms with van der Waals surface area (Å²) < 4.78 is 7.13. The zero-order valence-corrected chi connectivity index (χ0v) is 11.2. The van der Waals surface area contributed by atoms with E-state index in [0.717, 1.165) is 17.0 Å². The van der Waals surface area contributed by atoms with Gasteiger partial charge in [0.25, 0.3) is 0 Å². The van der Waals surface area contributed by atoms with Crippen LogP contribution in [-0.2, 0) is 13.6 Å². The lowest BCUT2D eigenvalue weighted by Gasteiger charge is -2.12. The minimum absolute atomic E-state index is 0.0136. The van der Waals surface area contributed by atoms with Crippen LogP contribution in [0.3, 0.4) is 0 Å². The molecule has 0 atom stereocenters. The molecule has 2 aromatic rings. The molecular formula is C15H18N2O2. The Bertz CT molecular complexity index is 605. The molecule has 0 spiro atoms. The van der Waals surface area contributed by atoms with E-state index in [-0.39, 0.29) is 5.56 Å². The molecule has 0 saturated heterocycles. The summed E-state index contributed by atoms with van der Waals surface area (Å²) in [5, 5.41) is 3.29. The summed E-state index contributed by atoms with van der Waals surface area (Å²) in [5.41, 5.74) is 1.99. The van der Waals surface area contributed by atoms with E-state index in [0.29, 0.717) is 13.2 Å². The molecule has 0 aliphatic carbocycles. The van der Waals surface area contributed by atoms with Crippen molar-refractivity contribution in [2.75, 3.05) is 11.9 Å². The van der Waals surface area contributed by atoms with Crippen LogP contribution in [0.1, 0.15) is 12.5 Å². The standard InChI is InChI=1S/C15H18N2O2/c1-3-19-14-7-5-4-6-12(14)10-16-13-8-9-15(18)17(2)11-13/h4-9,11,16H,3,10H2,1-2H3. The second-order valence-electron chi connectivity index (χ2n) is 4.26. The maximum absolute atomic E-state index is 11.3. The average molecular weight is 258 g/mol. The molecule has 0 bridgehead atoms. The van der Waals surface area contributed by atoms with Crippen LogP contribution in [0.25, 0.3) is 0 Å². The Morgan fingerprint density at radius 3 is 2.74 bits per heavy atom. The van der Waals surface area contributed by atoms with Gasteiger partial charge in [-0.2, -0.15) is 0 Å². The highest BCUT2D eigenvalue weighted by Gasteiger charge is 2.02. The second-order valence-corrected chi connectivity index (χ2v) is 4.26. The summed E-state index contributed by atoms with van der Waals surface area (Å²) in [5.74, 6) is 0.891. The number of rotatable bonds is 5. The Kier molecular flexibility index (Phi) is 4.23. The number of aromatic nitrogens is 1. The van der Waals surface area contributed by atoms with Gasteiger partial charge in [-0.25, -0.2) is 0 Å². The number of anilines is 1. The number of ether oxygens (including phenoxy) is 1. The highest BCUT2D eigenvalue weighted by atomic mass is 16.5. The molecule has 1 heterocycles. The van der Waals surface area contributed by atoms with E-state index in [4.69, 9.17) is 4.74 Å². The van der Waals surface area contributed by atoms with Crippen LogP contribution < -0.4 is 15.6 Å². The number of para-hydroxylation sites is 1. The molecule has 4 heteroatoms. The lowest BCUT2D eigenvalue weighted by atomic mass is 10.2.